The lowest BCUT2D eigenvalue weighted by atomic mass is 10.2. The van der Waals surface area contributed by atoms with E-state index in [-0.39, 0.29) is 18.1 Å². The van der Waals surface area contributed by atoms with Gasteiger partial charge in [-0.3, -0.25) is 14.5 Å². The van der Waals surface area contributed by atoms with Gasteiger partial charge in [0, 0.05) is 32.5 Å². The standard InChI is InChI=1S/C17H23N5O3/c1-4-22-9-13(8-19-22)25-16-11-24-10-15(16)20-17(23)14-7-12(21(2)3)5-6-18-14/h5-9,15-16H,4,10-11H2,1-3H3,(H,20,23)/t15-,16+/m0/s1. The zero-order valence-electron chi connectivity index (χ0n) is 14.7. The van der Waals surface area contributed by atoms with E-state index in [9.17, 15) is 4.79 Å². The molecular formula is C17H23N5O3. The molecule has 0 saturated carbocycles. The highest BCUT2D eigenvalue weighted by Gasteiger charge is 2.32. The predicted octanol–water partition coefficient (Wildman–Crippen LogP) is 0.940. The number of nitrogens with one attached hydrogen (secondary N) is 1. The Morgan fingerprint density at radius 2 is 2.32 bits per heavy atom. The Kier molecular flexibility index (Phi) is 5.18. The summed E-state index contributed by atoms with van der Waals surface area (Å²) in [5.41, 5.74) is 1.29. The van der Waals surface area contributed by atoms with E-state index in [2.05, 4.69) is 15.4 Å². The van der Waals surface area contributed by atoms with Gasteiger partial charge in [-0.25, -0.2) is 0 Å². The van der Waals surface area contributed by atoms with Crippen LogP contribution in [0.2, 0.25) is 0 Å². The van der Waals surface area contributed by atoms with E-state index in [4.69, 9.17) is 9.47 Å². The molecule has 3 heterocycles. The minimum atomic E-state index is -0.254. The molecule has 0 unspecified atom stereocenters. The van der Waals surface area contributed by atoms with Crippen LogP contribution in [0, 0.1) is 0 Å². The number of carbonyl (C=O) groups excluding carboxylic acids is 1. The number of hydrogen-bond donors (Lipinski definition) is 1. The molecule has 2 aromatic heterocycles. The molecule has 0 radical (unpaired) electrons. The monoisotopic (exact) mass is 345 g/mol. The molecule has 3 rings (SSSR count). The van der Waals surface area contributed by atoms with Crippen LogP contribution in [0.15, 0.2) is 30.7 Å². The van der Waals surface area contributed by atoms with Gasteiger partial charge < -0.3 is 19.7 Å². The van der Waals surface area contributed by atoms with Gasteiger partial charge in [-0.1, -0.05) is 0 Å². The third-order valence-electron chi connectivity index (χ3n) is 4.06. The van der Waals surface area contributed by atoms with Gasteiger partial charge >= 0.3 is 0 Å². The number of nitrogens with zero attached hydrogens (tertiary/aromatic N) is 4. The second-order valence-corrected chi connectivity index (χ2v) is 6.10. The van der Waals surface area contributed by atoms with E-state index in [0.29, 0.717) is 24.7 Å². The lowest BCUT2D eigenvalue weighted by molar-refractivity contribution is 0.0899. The highest BCUT2D eigenvalue weighted by molar-refractivity contribution is 5.93. The van der Waals surface area contributed by atoms with Crippen LogP contribution in [0.1, 0.15) is 17.4 Å². The number of anilines is 1. The number of amides is 1. The molecule has 8 heteroatoms. The maximum atomic E-state index is 12.5. The van der Waals surface area contributed by atoms with Crippen LogP contribution in [0.5, 0.6) is 5.75 Å². The number of aromatic nitrogens is 3. The van der Waals surface area contributed by atoms with Crippen molar-refractivity contribution in [1.82, 2.24) is 20.1 Å². The van der Waals surface area contributed by atoms with Crippen LogP contribution in [0.25, 0.3) is 0 Å². The van der Waals surface area contributed by atoms with Crippen molar-refractivity contribution in [3.05, 3.63) is 36.4 Å². The molecule has 1 aliphatic heterocycles. The van der Waals surface area contributed by atoms with E-state index in [1.807, 2.05) is 38.2 Å². The first-order chi connectivity index (χ1) is 12.1. The molecule has 0 aromatic carbocycles. The van der Waals surface area contributed by atoms with Gasteiger partial charge in [-0.15, -0.1) is 0 Å². The summed E-state index contributed by atoms with van der Waals surface area (Å²) in [6.07, 6.45) is 4.88. The van der Waals surface area contributed by atoms with Gasteiger partial charge in [0.1, 0.15) is 11.8 Å². The quantitative estimate of drug-likeness (QED) is 0.839. The number of rotatable bonds is 6. The zero-order valence-corrected chi connectivity index (χ0v) is 14.7. The van der Waals surface area contributed by atoms with Gasteiger partial charge in [0.05, 0.1) is 31.6 Å². The first kappa shape index (κ1) is 17.2. The van der Waals surface area contributed by atoms with Crippen molar-refractivity contribution in [1.29, 1.82) is 0 Å². The van der Waals surface area contributed by atoms with Crippen LogP contribution in [-0.2, 0) is 11.3 Å². The van der Waals surface area contributed by atoms with Gasteiger partial charge in [-0.2, -0.15) is 5.10 Å². The Bertz CT molecular complexity index is 731. The minimum absolute atomic E-state index is 0.234. The normalized spacial score (nSPS) is 19.6. The van der Waals surface area contributed by atoms with Crippen molar-refractivity contribution < 1.29 is 14.3 Å². The van der Waals surface area contributed by atoms with E-state index in [0.717, 1.165) is 12.2 Å². The summed E-state index contributed by atoms with van der Waals surface area (Å²) < 4.78 is 13.2. The largest absolute Gasteiger partial charge is 0.482 e. The maximum Gasteiger partial charge on any atom is 0.270 e. The molecule has 8 nitrogen and oxygen atoms in total. The van der Waals surface area contributed by atoms with Crippen LogP contribution < -0.4 is 15.0 Å². The van der Waals surface area contributed by atoms with E-state index >= 15 is 0 Å². The number of pyridine rings is 1. The Hall–Kier alpha value is -2.61. The molecule has 1 amide bonds. The van der Waals surface area contributed by atoms with Crippen molar-refractivity contribution in [3.8, 4) is 5.75 Å². The fourth-order valence-electron chi connectivity index (χ4n) is 2.60. The van der Waals surface area contributed by atoms with E-state index in [1.165, 1.54) is 0 Å². The molecule has 0 bridgehead atoms. The number of aryl methyl sites for hydroxylation is 1. The molecule has 1 aliphatic rings. The summed E-state index contributed by atoms with van der Waals surface area (Å²) in [7, 11) is 3.84. The fourth-order valence-corrected chi connectivity index (χ4v) is 2.60. The summed E-state index contributed by atoms with van der Waals surface area (Å²) in [6, 6.07) is 3.38. The molecule has 2 aromatic rings. The van der Waals surface area contributed by atoms with E-state index < -0.39 is 0 Å². The second-order valence-electron chi connectivity index (χ2n) is 6.10. The molecule has 134 valence electrons. The Morgan fingerprint density at radius 3 is 3.04 bits per heavy atom. The van der Waals surface area contributed by atoms with Gasteiger partial charge in [0.2, 0.25) is 0 Å². The molecule has 25 heavy (non-hydrogen) atoms. The lowest BCUT2D eigenvalue weighted by Gasteiger charge is -2.20. The van der Waals surface area contributed by atoms with Crippen molar-refractivity contribution >= 4 is 11.6 Å². The average Bonchev–Trinajstić information content (AvgIpc) is 3.25. The predicted molar refractivity (Wildman–Crippen MR) is 93.0 cm³/mol. The first-order valence-electron chi connectivity index (χ1n) is 8.28. The number of ether oxygens (including phenoxy) is 2. The number of hydrogen-bond acceptors (Lipinski definition) is 6. The lowest BCUT2D eigenvalue weighted by Crippen LogP contribution is -2.45. The molecule has 0 spiro atoms. The minimum Gasteiger partial charge on any atom is -0.482 e. The Labute approximate surface area is 146 Å². The van der Waals surface area contributed by atoms with Gasteiger partial charge in [0.25, 0.3) is 5.91 Å². The van der Waals surface area contributed by atoms with Crippen molar-refractivity contribution in [2.24, 2.45) is 0 Å². The van der Waals surface area contributed by atoms with Crippen molar-refractivity contribution in [2.75, 3.05) is 32.2 Å². The summed E-state index contributed by atoms with van der Waals surface area (Å²) >= 11 is 0. The maximum absolute atomic E-state index is 12.5. The third kappa shape index (κ3) is 4.08. The first-order valence-corrected chi connectivity index (χ1v) is 8.28. The summed E-state index contributed by atoms with van der Waals surface area (Å²) in [5.74, 6) is 0.432. The summed E-state index contributed by atoms with van der Waals surface area (Å²) in [4.78, 5) is 18.6. The summed E-state index contributed by atoms with van der Waals surface area (Å²) in [6.45, 7) is 3.62. The van der Waals surface area contributed by atoms with Crippen LogP contribution in [-0.4, -0.2) is 60.1 Å². The van der Waals surface area contributed by atoms with Crippen LogP contribution >= 0.6 is 0 Å². The Morgan fingerprint density at radius 1 is 1.48 bits per heavy atom. The molecule has 1 saturated heterocycles. The molecule has 0 aliphatic carbocycles. The topological polar surface area (TPSA) is 81.5 Å². The zero-order chi connectivity index (χ0) is 17.8. The SMILES string of the molecule is CCn1cc(O[C@@H]2COC[C@@H]2NC(=O)c2cc(N(C)C)ccn2)cn1. The fraction of sp³-hybridized carbons (Fsp3) is 0.471. The smallest absolute Gasteiger partial charge is 0.270 e. The molecule has 1 fully saturated rings. The van der Waals surface area contributed by atoms with Crippen molar-refractivity contribution in [3.63, 3.8) is 0 Å². The van der Waals surface area contributed by atoms with Crippen LogP contribution in [0.3, 0.4) is 0 Å². The third-order valence-corrected chi connectivity index (χ3v) is 4.06. The molecule has 2 atom stereocenters. The molecular weight excluding hydrogens is 322 g/mol. The average molecular weight is 345 g/mol. The highest BCUT2D eigenvalue weighted by atomic mass is 16.5. The van der Waals surface area contributed by atoms with Crippen LogP contribution in [0.4, 0.5) is 5.69 Å². The molecule has 1 N–H and O–H groups in total. The Balaban J connectivity index is 1.64. The summed E-state index contributed by atoms with van der Waals surface area (Å²) in [5, 5.41) is 7.14. The van der Waals surface area contributed by atoms with Crippen molar-refractivity contribution in [2.45, 2.75) is 25.6 Å². The van der Waals surface area contributed by atoms with E-state index in [1.54, 1.807) is 23.1 Å². The van der Waals surface area contributed by atoms with Gasteiger partial charge in [0.15, 0.2) is 5.75 Å². The second kappa shape index (κ2) is 7.52. The number of carbonyl (C=O) groups is 1. The highest BCUT2D eigenvalue weighted by Crippen LogP contribution is 2.17. The van der Waals surface area contributed by atoms with Gasteiger partial charge in [-0.05, 0) is 19.1 Å².